The molecule has 1 amide bonds. The first-order valence-corrected chi connectivity index (χ1v) is 10.9. The molecule has 2 aliphatic rings. The Bertz CT molecular complexity index is 1170. The number of carbonyl (C=O) groups excluding carboxylic acids is 2. The van der Waals surface area contributed by atoms with Crippen molar-refractivity contribution in [2.45, 2.75) is 39.5 Å². The van der Waals surface area contributed by atoms with Gasteiger partial charge in [0.15, 0.2) is 17.3 Å². The van der Waals surface area contributed by atoms with Crippen molar-refractivity contribution in [2.75, 3.05) is 19.5 Å². The molecule has 1 aromatic carbocycles. The van der Waals surface area contributed by atoms with Gasteiger partial charge in [-0.1, -0.05) is 32.0 Å². The lowest BCUT2D eigenvalue weighted by Crippen LogP contribution is -2.39. The lowest BCUT2D eigenvalue weighted by molar-refractivity contribution is -0.118. The van der Waals surface area contributed by atoms with Gasteiger partial charge >= 0.3 is 0 Å². The highest BCUT2D eigenvalue weighted by atomic mass is 16.5. The van der Waals surface area contributed by atoms with Crippen LogP contribution in [-0.2, 0) is 9.59 Å². The summed E-state index contributed by atoms with van der Waals surface area (Å²) in [4.78, 5) is 31.3. The topological polar surface area (TPSA) is 89.5 Å². The highest BCUT2D eigenvalue weighted by Crippen LogP contribution is 2.49. The number of pyridine rings is 1. The normalized spacial score (nSPS) is 19.5. The summed E-state index contributed by atoms with van der Waals surface area (Å²) in [7, 11) is 3.13. The van der Waals surface area contributed by atoms with Crippen LogP contribution in [0.25, 0.3) is 0 Å². The van der Waals surface area contributed by atoms with Crippen LogP contribution in [0.15, 0.2) is 65.1 Å². The maximum Gasteiger partial charge on any atom is 0.255 e. The van der Waals surface area contributed by atoms with Gasteiger partial charge in [-0.05, 0) is 37.0 Å². The van der Waals surface area contributed by atoms with E-state index in [1.807, 2.05) is 19.1 Å². The number of ketones is 1. The van der Waals surface area contributed by atoms with Crippen LogP contribution < -0.4 is 20.1 Å². The number of Topliss-reactive ketones (excluding diaryl/α,β-unsaturated/α-hetero) is 1. The van der Waals surface area contributed by atoms with E-state index in [1.165, 1.54) is 0 Å². The molecule has 1 aliphatic heterocycles. The molecule has 0 fully saturated rings. The van der Waals surface area contributed by atoms with E-state index in [0.717, 1.165) is 5.70 Å². The molecule has 7 nitrogen and oxygen atoms in total. The minimum atomic E-state index is -0.599. The van der Waals surface area contributed by atoms with Crippen molar-refractivity contribution in [2.24, 2.45) is 5.41 Å². The van der Waals surface area contributed by atoms with Crippen LogP contribution >= 0.6 is 0 Å². The summed E-state index contributed by atoms with van der Waals surface area (Å²) < 4.78 is 11.2. The standard InChI is InChI=1S/C26H29N3O4/c1-15-21(25(31)29-20-11-6-7-12-27-20)22(16-9-8-10-19(32-4)24(16)33-5)23-17(28-15)13-26(2,3)14-18(23)30/h6-12,22,28H,13-14H2,1-5H3,(H,27,29,31)/t22-/m1/s1. The zero-order valence-corrected chi connectivity index (χ0v) is 19.6. The lowest BCUT2D eigenvalue weighted by Gasteiger charge is -2.40. The van der Waals surface area contributed by atoms with E-state index in [1.54, 1.807) is 44.7 Å². The van der Waals surface area contributed by atoms with Crippen molar-refractivity contribution in [3.05, 3.63) is 70.7 Å². The molecule has 1 atom stereocenters. The zero-order chi connectivity index (χ0) is 23.8. The Balaban J connectivity index is 1.89. The lowest BCUT2D eigenvalue weighted by atomic mass is 9.68. The fraction of sp³-hybridized carbons (Fsp3) is 0.346. The molecule has 1 aromatic heterocycles. The number of rotatable bonds is 5. The molecule has 0 saturated heterocycles. The smallest absolute Gasteiger partial charge is 0.255 e. The number of benzene rings is 1. The third-order valence-electron chi connectivity index (χ3n) is 6.14. The Kier molecular flexibility index (Phi) is 5.97. The van der Waals surface area contributed by atoms with E-state index in [0.29, 0.717) is 52.6 Å². The van der Waals surface area contributed by atoms with Crippen LogP contribution in [0.1, 0.15) is 45.1 Å². The molecule has 0 radical (unpaired) electrons. The predicted molar refractivity (Wildman–Crippen MR) is 126 cm³/mol. The Morgan fingerprint density at radius 1 is 1.12 bits per heavy atom. The number of dihydropyridines is 1. The van der Waals surface area contributed by atoms with Crippen molar-refractivity contribution >= 4 is 17.5 Å². The van der Waals surface area contributed by atoms with Gasteiger partial charge in [-0.25, -0.2) is 4.98 Å². The van der Waals surface area contributed by atoms with Crippen molar-refractivity contribution in [1.82, 2.24) is 10.3 Å². The summed E-state index contributed by atoms with van der Waals surface area (Å²) in [5, 5.41) is 6.25. The number of methoxy groups -OCH3 is 2. The fourth-order valence-corrected chi connectivity index (χ4v) is 4.81. The fourth-order valence-electron chi connectivity index (χ4n) is 4.81. The SMILES string of the molecule is COc1cccc([C@@H]2C(C(=O)Nc3ccccn3)=C(C)NC3=C2C(=O)CC(C)(C)C3)c1OC. The average Bonchev–Trinajstić information content (AvgIpc) is 2.77. The molecule has 2 heterocycles. The third kappa shape index (κ3) is 4.23. The molecule has 0 spiro atoms. The quantitative estimate of drug-likeness (QED) is 0.709. The predicted octanol–water partition coefficient (Wildman–Crippen LogP) is 4.34. The second-order valence-corrected chi connectivity index (χ2v) is 9.18. The number of anilines is 1. The summed E-state index contributed by atoms with van der Waals surface area (Å²) in [5.74, 6) is 0.597. The van der Waals surface area contributed by atoms with Gasteiger partial charge in [0.05, 0.1) is 20.1 Å². The molecule has 2 aromatic rings. The Labute approximate surface area is 193 Å². The number of aromatic nitrogens is 1. The molecule has 4 rings (SSSR count). The van der Waals surface area contributed by atoms with Crippen LogP contribution in [-0.4, -0.2) is 30.9 Å². The van der Waals surface area contributed by atoms with Gasteiger partial charge in [0.1, 0.15) is 5.82 Å². The third-order valence-corrected chi connectivity index (χ3v) is 6.14. The van der Waals surface area contributed by atoms with Gasteiger partial charge < -0.3 is 20.1 Å². The molecule has 1 aliphatic carbocycles. The Morgan fingerprint density at radius 3 is 2.58 bits per heavy atom. The number of amides is 1. The van der Waals surface area contributed by atoms with E-state index >= 15 is 0 Å². The van der Waals surface area contributed by atoms with Crippen molar-refractivity contribution < 1.29 is 19.1 Å². The Morgan fingerprint density at radius 2 is 1.91 bits per heavy atom. The molecule has 0 unspecified atom stereocenters. The molecule has 0 saturated carbocycles. The number of para-hydroxylation sites is 1. The van der Waals surface area contributed by atoms with Gasteiger partial charge in [-0.15, -0.1) is 0 Å². The molecule has 7 heteroatoms. The summed E-state index contributed by atoms with van der Waals surface area (Å²) in [5.41, 5.74) is 3.17. The molecule has 2 N–H and O–H groups in total. The minimum absolute atomic E-state index is 0.0271. The molecule has 0 bridgehead atoms. The van der Waals surface area contributed by atoms with E-state index in [4.69, 9.17) is 9.47 Å². The second-order valence-electron chi connectivity index (χ2n) is 9.18. The molecular weight excluding hydrogens is 418 g/mol. The summed E-state index contributed by atoms with van der Waals surface area (Å²) in [6.45, 7) is 6.03. The van der Waals surface area contributed by atoms with E-state index in [2.05, 4.69) is 29.5 Å². The van der Waals surface area contributed by atoms with Crippen molar-refractivity contribution in [3.63, 3.8) is 0 Å². The summed E-state index contributed by atoms with van der Waals surface area (Å²) in [6.07, 6.45) is 2.74. The van der Waals surface area contributed by atoms with Gasteiger partial charge in [0.2, 0.25) is 0 Å². The summed E-state index contributed by atoms with van der Waals surface area (Å²) in [6, 6.07) is 10.8. The van der Waals surface area contributed by atoms with Crippen LogP contribution in [0.4, 0.5) is 5.82 Å². The molecular formula is C26H29N3O4. The largest absolute Gasteiger partial charge is 0.493 e. The van der Waals surface area contributed by atoms with Crippen molar-refractivity contribution in [1.29, 1.82) is 0 Å². The first kappa shape index (κ1) is 22.6. The van der Waals surface area contributed by atoms with E-state index in [9.17, 15) is 9.59 Å². The maximum atomic E-state index is 13.6. The highest BCUT2D eigenvalue weighted by molar-refractivity contribution is 6.09. The number of nitrogens with zero attached hydrogens (tertiary/aromatic N) is 1. The Hall–Kier alpha value is -3.61. The molecule has 172 valence electrons. The first-order chi connectivity index (χ1) is 15.8. The van der Waals surface area contributed by atoms with E-state index < -0.39 is 5.92 Å². The maximum absolute atomic E-state index is 13.6. The number of hydrogen-bond donors (Lipinski definition) is 2. The molecule has 33 heavy (non-hydrogen) atoms. The average molecular weight is 448 g/mol. The zero-order valence-electron chi connectivity index (χ0n) is 19.6. The van der Waals surface area contributed by atoms with Gasteiger partial charge in [0, 0.05) is 40.7 Å². The number of hydrogen-bond acceptors (Lipinski definition) is 6. The monoisotopic (exact) mass is 447 g/mol. The van der Waals surface area contributed by atoms with Gasteiger partial charge in [0.25, 0.3) is 5.91 Å². The number of allylic oxidation sites excluding steroid dienone is 3. The van der Waals surface area contributed by atoms with Crippen LogP contribution in [0.2, 0.25) is 0 Å². The van der Waals surface area contributed by atoms with Gasteiger partial charge in [-0.2, -0.15) is 0 Å². The van der Waals surface area contributed by atoms with Crippen LogP contribution in [0, 0.1) is 5.41 Å². The van der Waals surface area contributed by atoms with Gasteiger partial charge in [-0.3, -0.25) is 9.59 Å². The van der Waals surface area contributed by atoms with Crippen LogP contribution in [0.5, 0.6) is 11.5 Å². The number of carbonyl (C=O) groups is 2. The van der Waals surface area contributed by atoms with Crippen LogP contribution in [0.3, 0.4) is 0 Å². The highest BCUT2D eigenvalue weighted by Gasteiger charge is 2.43. The van der Waals surface area contributed by atoms with Crippen molar-refractivity contribution in [3.8, 4) is 11.5 Å². The number of ether oxygens (including phenoxy) is 2. The number of nitrogens with one attached hydrogen (secondary N) is 2. The van der Waals surface area contributed by atoms with E-state index in [-0.39, 0.29) is 17.1 Å². The second kappa shape index (κ2) is 8.73. The minimum Gasteiger partial charge on any atom is -0.493 e. The first-order valence-electron chi connectivity index (χ1n) is 10.9. The summed E-state index contributed by atoms with van der Waals surface area (Å²) >= 11 is 0.